The Morgan fingerprint density at radius 2 is 1.86 bits per heavy atom. The predicted octanol–water partition coefficient (Wildman–Crippen LogP) is 3.19. The van der Waals surface area contributed by atoms with Crippen LogP contribution in [0.5, 0.6) is 0 Å². The maximum absolute atomic E-state index is 12.4. The molecule has 0 radical (unpaired) electrons. The zero-order chi connectivity index (χ0) is 16.4. The maximum atomic E-state index is 12.4. The molecule has 2 N–H and O–H groups in total. The van der Waals surface area contributed by atoms with Gasteiger partial charge in [-0.2, -0.15) is 0 Å². The number of hydrogen-bond donors (Lipinski definition) is 2. The van der Waals surface area contributed by atoms with Gasteiger partial charge in [0.25, 0.3) is 5.91 Å². The second-order valence-electron chi connectivity index (χ2n) is 5.50. The lowest BCUT2D eigenvalue weighted by atomic mass is 10.0. The minimum atomic E-state index is -0.234. The summed E-state index contributed by atoms with van der Waals surface area (Å²) < 4.78 is 0. The van der Waals surface area contributed by atoms with Gasteiger partial charge in [-0.3, -0.25) is 9.59 Å². The first-order valence-corrected chi connectivity index (χ1v) is 7.41. The van der Waals surface area contributed by atoms with Crippen LogP contribution in [-0.4, -0.2) is 10.9 Å². The molecular formula is C17H19ClN2O2. The molecule has 116 valence electrons. The van der Waals surface area contributed by atoms with Gasteiger partial charge in [0.2, 0.25) is 0 Å². The molecule has 2 rings (SSSR count). The highest BCUT2D eigenvalue weighted by molar-refractivity contribution is 6.31. The number of pyridine rings is 1. The molecule has 1 heterocycles. The summed E-state index contributed by atoms with van der Waals surface area (Å²) in [6.45, 7) is 7.63. The first kappa shape index (κ1) is 16.3. The van der Waals surface area contributed by atoms with Crippen LogP contribution in [-0.2, 0) is 6.54 Å². The van der Waals surface area contributed by atoms with E-state index < -0.39 is 0 Å². The zero-order valence-electron chi connectivity index (χ0n) is 13.1. The number of amides is 1. The van der Waals surface area contributed by atoms with Crippen LogP contribution in [0.15, 0.2) is 23.0 Å². The number of aryl methyl sites for hydroxylation is 3. The number of carbonyl (C=O) groups is 1. The third-order valence-corrected chi connectivity index (χ3v) is 4.00. The molecule has 0 unspecified atom stereocenters. The average Bonchev–Trinajstić information content (AvgIpc) is 2.41. The minimum Gasteiger partial charge on any atom is -0.362 e. The molecule has 1 amide bonds. The van der Waals surface area contributed by atoms with Crippen LogP contribution in [0.1, 0.15) is 38.4 Å². The summed E-state index contributed by atoms with van der Waals surface area (Å²) in [4.78, 5) is 27.4. The lowest BCUT2D eigenvalue weighted by Gasteiger charge is -2.11. The summed E-state index contributed by atoms with van der Waals surface area (Å²) in [6, 6.07) is 5.00. The zero-order valence-corrected chi connectivity index (χ0v) is 13.9. The Hall–Kier alpha value is -2.07. The molecule has 5 heteroatoms. The van der Waals surface area contributed by atoms with E-state index in [1.54, 1.807) is 6.07 Å². The van der Waals surface area contributed by atoms with Crippen molar-refractivity contribution < 1.29 is 4.79 Å². The minimum absolute atomic E-state index is 0.0759. The summed E-state index contributed by atoms with van der Waals surface area (Å²) in [5.74, 6) is -0.234. The Bertz CT molecular complexity index is 794. The number of halogens is 1. The largest absolute Gasteiger partial charge is 0.362 e. The van der Waals surface area contributed by atoms with E-state index in [1.165, 1.54) is 6.07 Å². The van der Waals surface area contributed by atoms with Crippen LogP contribution < -0.4 is 10.7 Å². The summed E-state index contributed by atoms with van der Waals surface area (Å²) >= 11 is 6.02. The molecule has 0 aliphatic heterocycles. The van der Waals surface area contributed by atoms with Gasteiger partial charge in [0.15, 0.2) is 5.43 Å². The number of H-pyrrole nitrogens is 1. The van der Waals surface area contributed by atoms with E-state index in [0.29, 0.717) is 16.1 Å². The molecular weight excluding hydrogens is 300 g/mol. The molecule has 1 aromatic heterocycles. The molecule has 22 heavy (non-hydrogen) atoms. The van der Waals surface area contributed by atoms with Gasteiger partial charge >= 0.3 is 0 Å². The van der Waals surface area contributed by atoms with Gasteiger partial charge in [-0.25, -0.2) is 0 Å². The Kier molecular flexibility index (Phi) is 4.71. The number of nitrogens with one attached hydrogen (secondary N) is 2. The first-order valence-electron chi connectivity index (χ1n) is 7.04. The molecule has 0 aliphatic carbocycles. The van der Waals surface area contributed by atoms with Crippen molar-refractivity contribution in [2.75, 3.05) is 0 Å². The summed E-state index contributed by atoms with van der Waals surface area (Å²) in [5.41, 5.74) is 4.44. The van der Waals surface area contributed by atoms with Crippen LogP contribution in [0.25, 0.3) is 0 Å². The van der Waals surface area contributed by atoms with Crippen molar-refractivity contribution in [2.45, 2.75) is 34.2 Å². The first-order chi connectivity index (χ1) is 10.3. The molecule has 1 aromatic carbocycles. The number of carbonyl (C=O) groups excluding carboxylic acids is 1. The lowest BCUT2D eigenvalue weighted by molar-refractivity contribution is 0.0950. The van der Waals surface area contributed by atoms with E-state index in [0.717, 1.165) is 22.5 Å². The van der Waals surface area contributed by atoms with E-state index in [-0.39, 0.29) is 17.9 Å². The summed E-state index contributed by atoms with van der Waals surface area (Å²) in [6.07, 6.45) is 0. The van der Waals surface area contributed by atoms with Gasteiger partial charge in [0.1, 0.15) is 0 Å². The maximum Gasteiger partial charge on any atom is 0.251 e. The predicted molar refractivity (Wildman–Crippen MR) is 88.6 cm³/mol. The van der Waals surface area contributed by atoms with E-state index in [9.17, 15) is 9.59 Å². The smallest absolute Gasteiger partial charge is 0.251 e. The second-order valence-corrected chi connectivity index (χ2v) is 5.93. The number of aromatic nitrogens is 1. The lowest BCUT2D eigenvalue weighted by Crippen LogP contribution is -2.27. The van der Waals surface area contributed by atoms with Gasteiger partial charge in [0.05, 0.1) is 0 Å². The fourth-order valence-electron chi connectivity index (χ4n) is 2.41. The van der Waals surface area contributed by atoms with Crippen molar-refractivity contribution in [1.82, 2.24) is 10.3 Å². The quantitative estimate of drug-likeness (QED) is 0.913. The van der Waals surface area contributed by atoms with Crippen LogP contribution in [0.4, 0.5) is 0 Å². The van der Waals surface area contributed by atoms with Crippen molar-refractivity contribution in [3.63, 3.8) is 0 Å². The Balaban J connectivity index is 2.23. The number of hydrogen-bond acceptors (Lipinski definition) is 2. The number of aromatic amines is 1. The average molecular weight is 319 g/mol. The fourth-order valence-corrected chi connectivity index (χ4v) is 2.68. The van der Waals surface area contributed by atoms with E-state index >= 15 is 0 Å². The van der Waals surface area contributed by atoms with Crippen molar-refractivity contribution >= 4 is 17.5 Å². The van der Waals surface area contributed by atoms with E-state index in [2.05, 4.69) is 10.3 Å². The Morgan fingerprint density at radius 1 is 1.18 bits per heavy atom. The third kappa shape index (κ3) is 3.39. The topological polar surface area (TPSA) is 62.0 Å². The van der Waals surface area contributed by atoms with E-state index in [1.807, 2.05) is 33.8 Å². The summed E-state index contributed by atoms with van der Waals surface area (Å²) in [5, 5.41) is 3.32. The van der Waals surface area contributed by atoms with Crippen molar-refractivity contribution in [3.8, 4) is 0 Å². The monoisotopic (exact) mass is 318 g/mol. The molecule has 0 saturated carbocycles. The molecule has 2 aromatic rings. The van der Waals surface area contributed by atoms with Crippen LogP contribution in [0.2, 0.25) is 5.02 Å². The molecule has 0 aliphatic rings. The fraction of sp³-hybridized carbons (Fsp3) is 0.294. The molecule has 0 atom stereocenters. The SMILES string of the molecule is Cc1cc(=O)c(CNC(=O)c2cc(Cl)cc(C)c2C)c(C)[nH]1. The molecule has 0 saturated heterocycles. The van der Waals surface area contributed by atoms with Crippen molar-refractivity contribution in [2.24, 2.45) is 0 Å². The second kappa shape index (κ2) is 6.36. The standard InChI is InChI=1S/C17H19ClN2O2/c1-9-5-13(18)7-14(11(9)3)17(22)19-8-15-12(4)20-10(2)6-16(15)21/h5-7H,8H2,1-4H3,(H,19,22)(H,20,21). The van der Waals surface area contributed by atoms with Gasteiger partial charge in [-0.1, -0.05) is 11.6 Å². The molecule has 0 spiro atoms. The van der Waals surface area contributed by atoms with Gasteiger partial charge in [-0.15, -0.1) is 0 Å². The number of benzene rings is 1. The Labute approximate surface area is 134 Å². The highest BCUT2D eigenvalue weighted by Gasteiger charge is 2.13. The molecule has 4 nitrogen and oxygen atoms in total. The van der Waals surface area contributed by atoms with Gasteiger partial charge in [0, 0.05) is 40.1 Å². The van der Waals surface area contributed by atoms with E-state index in [4.69, 9.17) is 11.6 Å². The van der Waals surface area contributed by atoms with Gasteiger partial charge in [-0.05, 0) is 51.0 Å². The van der Waals surface area contributed by atoms with Crippen LogP contribution >= 0.6 is 11.6 Å². The van der Waals surface area contributed by atoms with Crippen LogP contribution in [0, 0.1) is 27.7 Å². The normalized spacial score (nSPS) is 10.6. The van der Waals surface area contributed by atoms with Crippen molar-refractivity contribution in [1.29, 1.82) is 0 Å². The molecule has 0 fully saturated rings. The summed E-state index contributed by atoms with van der Waals surface area (Å²) in [7, 11) is 0. The Morgan fingerprint density at radius 3 is 2.50 bits per heavy atom. The van der Waals surface area contributed by atoms with Crippen molar-refractivity contribution in [3.05, 3.63) is 67.1 Å². The van der Waals surface area contributed by atoms with Crippen LogP contribution in [0.3, 0.4) is 0 Å². The molecule has 0 bridgehead atoms. The highest BCUT2D eigenvalue weighted by Crippen LogP contribution is 2.20. The third-order valence-electron chi connectivity index (χ3n) is 3.78. The number of rotatable bonds is 3. The highest BCUT2D eigenvalue weighted by atomic mass is 35.5. The van der Waals surface area contributed by atoms with Gasteiger partial charge < -0.3 is 10.3 Å².